The van der Waals surface area contributed by atoms with Crippen LogP contribution in [0.5, 0.6) is 0 Å². The van der Waals surface area contributed by atoms with Gasteiger partial charge in [-0.15, -0.1) is 0 Å². The van der Waals surface area contributed by atoms with Crippen molar-refractivity contribution in [3.63, 3.8) is 0 Å². The third kappa shape index (κ3) is 5.58. The number of benzene rings is 2. The van der Waals surface area contributed by atoms with Gasteiger partial charge < -0.3 is 24.3 Å². The zero-order valence-electron chi connectivity index (χ0n) is 19.8. The van der Waals surface area contributed by atoms with Crippen molar-refractivity contribution in [1.29, 1.82) is 0 Å². The highest BCUT2D eigenvalue weighted by molar-refractivity contribution is 7.92. The Kier molecular flexibility index (Phi) is 7.70. The zero-order chi connectivity index (χ0) is 25.7. The van der Waals surface area contributed by atoms with Crippen molar-refractivity contribution in [1.82, 2.24) is 9.47 Å². The van der Waals surface area contributed by atoms with E-state index in [1.54, 1.807) is 52.8 Å². The van der Waals surface area contributed by atoms with Gasteiger partial charge >= 0.3 is 5.97 Å². The van der Waals surface area contributed by atoms with Gasteiger partial charge in [-0.1, -0.05) is 30.3 Å². The molecule has 1 N–H and O–H groups in total. The van der Waals surface area contributed by atoms with Crippen LogP contribution in [0.25, 0.3) is 10.9 Å². The van der Waals surface area contributed by atoms with Crippen molar-refractivity contribution in [3.8, 4) is 0 Å². The average Bonchev–Trinajstić information content (AvgIpc) is 3.24. The lowest BCUT2D eigenvalue weighted by molar-refractivity contribution is -0.135. The Morgan fingerprint density at radius 2 is 1.72 bits per heavy atom. The van der Waals surface area contributed by atoms with Crippen molar-refractivity contribution >= 4 is 44.2 Å². The van der Waals surface area contributed by atoms with Crippen molar-refractivity contribution in [2.24, 2.45) is 0 Å². The Hall–Kier alpha value is -3.70. The maximum atomic E-state index is 13.3. The number of hydrogen-bond donors (Lipinski definition) is 1. The minimum Gasteiger partial charge on any atom is -0.462 e. The third-order valence-corrected chi connectivity index (χ3v) is 7.41. The first kappa shape index (κ1) is 25.4. The van der Waals surface area contributed by atoms with Crippen LogP contribution < -0.4 is 5.32 Å². The van der Waals surface area contributed by atoms with Crippen LogP contribution in [0.3, 0.4) is 0 Å². The number of amides is 2. The van der Waals surface area contributed by atoms with E-state index >= 15 is 0 Å². The average molecular weight is 514 g/mol. The predicted molar refractivity (Wildman–Crippen MR) is 132 cm³/mol. The van der Waals surface area contributed by atoms with E-state index in [0.29, 0.717) is 37.2 Å². The topological polar surface area (TPSA) is 124 Å². The second kappa shape index (κ2) is 10.9. The van der Waals surface area contributed by atoms with Crippen LogP contribution >= 0.6 is 0 Å². The molecule has 0 atom stereocenters. The van der Waals surface area contributed by atoms with Crippen molar-refractivity contribution < 1.29 is 32.3 Å². The second-order valence-corrected chi connectivity index (χ2v) is 10.2. The van der Waals surface area contributed by atoms with E-state index in [1.807, 2.05) is 0 Å². The number of hydrogen-bond acceptors (Lipinski definition) is 7. The first-order valence-corrected chi connectivity index (χ1v) is 13.2. The summed E-state index contributed by atoms with van der Waals surface area (Å²) in [4.78, 5) is 39.3. The fourth-order valence-corrected chi connectivity index (χ4v) is 5.43. The van der Waals surface area contributed by atoms with Crippen LogP contribution in [0.2, 0.25) is 0 Å². The van der Waals surface area contributed by atoms with E-state index in [0.717, 1.165) is 0 Å². The van der Waals surface area contributed by atoms with Crippen LogP contribution in [-0.2, 0) is 35.4 Å². The van der Waals surface area contributed by atoms with Crippen molar-refractivity contribution in [2.75, 3.05) is 44.0 Å². The summed E-state index contributed by atoms with van der Waals surface area (Å²) in [5.74, 6) is -2.40. The molecule has 0 saturated carbocycles. The van der Waals surface area contributed by atoms with Gasteiger partial charge in [0.15, 0.2) is 9.84 Å². The van der Waals surface area contributed by atoms with Crippen molar-refractivity contribution in [2.45, 2.75) is 18.4 Å². The Bertz CT molecular complexity index is 1390. The standard InChI is InChI=1S/C25H27N3O7S/c1-2-35-25(31)18-7-3-5-9-20(18)26-23(29)17-36(32,33)22-15-28(21-10-6-4-8-19(21)22)16-24(30)27-11-13-34-14-12-27/h3-10,15H,2,11-14,16-17H2,1H3,(H,26,29). The molecule has 0 unspecified atom stereocenters. The molecule has 2 heterocycles. The number of rotatable bonds is 8. The lowest BCUT2D eigenvalue weighted by Crippen LogP contribution is -2.42. The van der Waals surface area contributed by atoms with E-state index in [9.17, 15) is 22.8 Å². The molecule has 1 saturated heterocycles. The molecule has 0 radical (unpaired) electrons. The van der Waals surface area contributed by atoms with Crippen LogP contribution in [-0.4, -0.2) is 74.3 Å². The molecule has 2 amide bonds. The number of carbonyl (C=O) groups is 3. The number of aromatic nitrogens is 1. The highest BCUT2D eigenvalue weighted by atomic mass is 32.2. The number of para-hydroxylation sites is 2. The Morgan fingerprint density at radius 1 is 1.03 bits per heavy atom. The molecule has 1 fully saturated rings. The molecular weight excluding hydrogens is 486 g/mol. The normalized spacial score (nSPS) is 14.0. The molecule has 2 aromatic carbocycles. The fourth-order valence-electron chi connectivity index (χ4n) is 4.07. The van der Waals surface area contributed by atoms with Gasteiger partial charge in [0, 0.05) is 30.2 Å². The van der Waals surface area contributed by atoms with Crippen LogP contribution in [0, 0.1) is 0 Å². The summed E-state index contributed by atoms with van der Waals surface area (Å²) >= 11 is 0. The molecule has 1 aromatic heterocycles. The molecule has 3 aromatic rings. The van der Waals surface area contributed by atoms with Crippen molar-refractivity contribution in [3.05, 3.63) is 60.3 Å². The summed E-state index contributed by atoms with van der Waals surface area (Å²) in [6.07, 6.45) is 1.40. The molecule has 0 spiro atoms. The maximum absolute atomic E-state index is 13.3. The van der Waals surface area contributed by atoms with Gasteiger partial charge in [-0.05, 0) is 25.1 Å². The zero-order valence-corrected chi connectivity index (χ0v) is 20.6. The van der Waals surface area contributed by atoms with Gasteiger partial charge in [0.1, 0.15) is 12.3 Å². The molecule has 0 aliphatic carbocycles. The maximum Gasteiger partial charge on any atom is 0.340 e. The van der Waals surface area contributed by atoms with Gasteiger partial charge in [0.05, 0.1) is 36.0 Å². The van der Waals surface area contributed by atoms with E-state index in [-0.39, 0.29) is 35.2 Å². The number of morpholine rings is 1. The number of carbonyl (C=O) groups excluding carboxylic acids is 3. The lowest BCUT2D eigenvalue weighted by Gasteiger charge is -2.27. The molecule has 11 heteroatoms. The van der Waals surface area contributed by atoms with Gasteiger partial charge in [0.25, 0.3) is 0 Å². The monoisotopic (exact) mass is 513 g/mol. The smallest absolute Gasteiger partial charge is 0.340 e. The van der Waals surface area contributed by atoms with Gasteiger partial charge in [-0.2, -0.15) is 0 Å². The minimum absolute atomic E-state index is 0.0326. The summed E-state index contributed by atoms with van der Waals surface area (Å²) in [5, 5.41) is 2.93. The SMILES string of the molecule is CCOC(=O)c1ccccc1NC(=O)CS(=O)(=O)c1cn(CC(=O)N2CCOCC2)c2ccccc12. The minimum atomic E-state index is -4.08. The highest BCUT2D eigenvalue weighted by Crippen LogP contribution is 2.27. The molecule has 4 rings (SSSR count). The van der Waals surface area contributed by atoms with Gasteiger partial charge in [-0.25, -0.2) is 13.2 Å². The number of esters is 1. The summed E-state index contributed by atoms with van der Waals surface area (Å²) in [5.41, 5.74) is 0.865. The molecule has 190 valence electrons. The van der Waals surface area contributed by atoms with Crippen LogP contribution in [0.1, 0.15) is 17.3 Å². The Labute approximate surface area is 208 Å². The number of fused-ring (bicyclic) bond motifs is 1. The lowest BCUT2D eigenvalue weighted by atomic mass is 10.2. The predicted octanol–water partition coefficient (Wildman–Crippen LogP) is 2.09. The molecule has 10 nitrogen and oxygen atoms in total. The second-order valence-electron chi connectivity index (χ2n) is 8.20. The fraction of sp³-hybridized carbons (Fsp3) is 0.320. The Morgan fingerprint density at radius 3 is 2.47 bits per heavy atom. The number of nitrogens with zero attached hydrogens (tertiary/aromatic N) is 2. The summed E-state index contributed by atoms with van der Waals surface area (Å²) in [7, 11) is -4.08. The van der Waals surface area contributed by atoms with Gasteiger partial charge in [0.2, 0.25) is 11.8 Å². The highest BCUT2D eigenvalue weighted by Gasteiger charge is 2.26. The van der Waals surface area contributed by atoms with E-state index < -0.39 is 27.5 Å². The van der Waals surface area contributed by atoms with E-state index in [4.69, 9.17) is 9.47 Å². The van der Waals surface area contributed by atoms with E-state index in [1.165, 1.54) is 18.3 Å². The van der Waals surface area contributed by atoms with Crippen LogP contribution in [0.15, 0.2) is 59.6 Å². The summed E-state index contributed by atoms with van der Waals surface area (Å²) < 4.78 is 38.5. The molecule has 1 aliphatic rings. The summed E-state index contributed by atoms with van der Waals surface area (Å²) in [6.45, 7) is 3.69. The quantitative estimate of drug-likeness (QED) is 0.458. The Balaban J connectivity index is 1.56. The largest absolute Gasteiger partial charge is 0.462 e. The summed E-state index contributed by atoms with van der Waals surface area (Å²) in [6, 6.07) is 13.1. The first-order valence-electron chi connectivity index (χ1n) is 11.5. The number of sulfone groups is 1. The number of nitrogens with one attached hydrogen (secondary N) is 1. The molecule has 1 aliphatic heterocycles. The van der Waals surface area contributed by atoms with E-state index in [2.05, 4.69) is 5.32 Å². The van der Waals surface area contributed by atoms with Crippen LogP contribution in [0.4, 0.5) is 5.69 Å². The molecule has 36 heavy (non-hydrogen) atoms. The molecule has 0 bridgehead atoms. The number of ether oxygens (including phenoxy) is 2. The number of anilines is 1. The molecular formula is C25H27N3O7S. The third-order valence-electron chi connectivity index (χ3n) is 5.77. The first-order chi connectivity index (χ1) is 17.3. The van der Waals surface area contributed by atoms with Gasteiger partial charge in [-0.3, -0.25) is 9.59 Å².